The molecule has 2 N–H and O–H groups in total. The Bertz CT molecular complexity index is 1270. The van der Waals surface area contributed by atoms with Crippen LogP contribution >= 0.6 is 11.3 Å². The summed E-state index contributed by atoms with van der Waals surface area (Å²) in [6.07, 6.45) is 1.68. The van der Waals surface area contributed by atoms with E-state index in [1.807, 2.05) is 13.8 Å². The molecule has 0 amide bonds. The van der Waals surface area contributed by atoms with E-state index in [2.05, 4.69) is 0 Å². The summed E-state index contributed by atoms with van der Waals surface area (Å²) in [6, 6.07) is 5.07. The van der Waals surface area contributed by atoms with Crippen molar-refractivity contribution in [3.8, 4) is 11.1 Å². The molecule has 0 aliphatic heterocycles. The van der Waals surface area contributed by atoms with Crippen molar-refractivity contribution in [3.63, 3.8) is 0 Å². The summed E-state index contributed by atoms with van der Waals surface area (Å²) in [6.45, 7) is 5.71. The van der Waals surface area contributed by atoms with Crippen molar-refractivity contribution in [3.05, 3.63) is 51.5 Å². The first-order chi connectivity index (χ1) is 17.5. The molecule has 0 fully saturated rings. The van der Waals surface area contributed by atoms with Gasteiger partial charge in [0.1, 0.15) is 4.83 Å². The minimum absolute atomic E-state index is 0.316. The number of benzene rings is 1. The van der Waals surface area contributed by atoms with Gasteiger partial charge in [0, 0.05) is 22.4 Å². The maximum Gasteiger partial charge on any atom is 0.416 e. The molecule has 200 valence electrons. The molecular weight excluding hydrogens is 503 g/mol. The van der Waals surface area contributed by atoms with E-state index in [0.717, 1.165) is 60.0 Å². The van der Waals surface area contributed by atoms with Gasteiger partial charge in [-0.25, -0.2) is 4.98 Å². The largest absolute Gasteiger partial charge is 0.481 e. The summed E-state index contributed by atoms with van der Waals surface area (Å²) in [5, 5.41) is 18.9. The lowest BCUT2D eigenvalue weighted by molar-refractivity contribution is -0.139. The SMILES string of the molecule is CCCC(C(=O)O)c1c(C)nc2sc3c(c2c1-c1ccc(C(F)(F)F)cc1)CCC3.CCCCC(=O)O. The Morgan fingerprint density at radius 2 is 1.76 bits per heavy atom. The fraction of sp³-hybridized carbons (Fsp3) is 0.464. The number of fused-ring (bicyclic) bond motifs is 3. The molecule has 0 radical (unpaired) electrons. The maximum atomic E-state index is 13.1. The number of rotatable bonds is 8. The predicted octanol–water partition coefficient (Wildman–Crippen LogP) is 8.01. The van der Waals surface area contributed by atoms with Gasteiger partial charge in [-0.1, -0.05) is 38.8 Å². The lowest BCUT2D eigenvalue weighted by Gasteiger charge is -2.21. The number of carbonyl (C=O) groups is 2. The van der Waals surface area contributed by atoms with Crippen LogP contribution in [0.1, 0.15) is 85.6 Å². The summed E-state index contributed by atoms with van der Waals surface area (Å²) in [7, 11) is 0. The van der Waals surface area contributed by atoms with Gasteiger partial charge in [0.25, 0.3) is 0 Å². The lowest BCUT2D eigenvalue weighted by Crippen LogP contribution is -2.15. The van der Waals surface area contributed by atoms with Crippen LogP contribution in [0.15, 0.2) is 24.3 Å². The first kappa shape index (κ1) is 28.6. The molecular formula is C28H32F3NO4S. The van der Waals surface area contributed by atoms with Crippen molar-refractivity contribution < 1.29 is 33.0 Å². The van der Waals surface area contributed by atoms with Crippen molar-refractivity contribution in [2.24, 2.45) is 0 Å². The number of thiophene rings is 1. The molecule has 3 aromatic rings. The van der Waals surface area contributed by atoms with Crippen LogP contribution in [0.3, 0.4) is 0 Å². The van der Waals surface area contributed by atoms with E-state index < -0.39 is 29.6 Å². The fourth-order valence-corrected chi connectivity index (χ4v) is 6.13. The van der Waals surface area contributed by atoms with Crippen molar-refractivity contribution in [1.82, 2.24) is 4.98 Å². The van der Waals surface area contributed by atoms with Crippen LogP contribution in [0.2, 0.25) is 0 Å². The van der Waals surface area contributed by atoms with Gasteiger partial charge in [0.15, 0.2) is 0 Å². The van der Waals surface area contributed by atoms with Gasteiger partial charge in [-0.2, -0.15) is 13.2 Å². The third-order valence-corrected chi connectivity index (χ3v) is 7.74. The van der Waals surface area contributed by atoms with Crippen molar-refractivity contribution in [2.45, 2.75) is 84.2 Å². The zero-order chi connectivity index (χ0) is 27.3. The van der Waals surface area contributed by atoms with E-state index in [1.165, 1.54) is 22.6 Å². The highest BCUT2D eigenvalue weighted by Crippen LogP contribution is 2.46. The second-order valence-electron chi connectivity index (χ2n) is 9.28. The highest BCUT2D eigenvalue weighted by Gasteiger charge is 2.32. The first-order valence-corrected chi connectivity index (χ1v) is 13.4. The number of halogens is 3. The maximum absolute atomic E-state index is 13.1. The number of aryl methyl sites for hydroxylation is 3. The van der Waals surface area contributed by atoms with Crippen LogP contribution in [0.25, 0.3) is 21.3 Å². The van der Waals surface area contributed by atoms with Crippen molar-refractivity contribution in [1.29, 1.82) is 0 Å². The number of hydrogen-bond donors (Lipinski definition) is 2. The number of nitrogens with zero attached hydrogens (tertiary/aromatic N) is 1. The number of unbranched alkanes of at least 4 members (excludes halogenated alkanes) is 1. The molecule has 1 unspecified atom stereocenters. The Labute approximate surface area is 218 Å². The normalized spacial score (nSPS) is 13.7. The second kappa shape index (κ2) is 12.1. The lowest BCUT2D eigenvalue weighted by atomic mass is 9.84. The van der Waals surface area contributed by atoms with Crippen LogP contribution in [0.4, 0.5) is 13.2 Å². The summed E-state index contributed by atoms with van der Waals surface area (Å²) >= 11 is 1.62. The minimum Gasteiger partial charge on any atom is -0.481 e. The van der Waals surface area contributed by atoms with Gasteiger partial charge in [-0.3, -0.25) is 9.59 Å². The number of aromatic nitrogens is 1. The van der Waals surface area contributed by atoms with E-state index in [1.54, 1.807) is 18.3 Å². The van der Waals surface area contributed by atoms with Gasteiger partial charge in [0.2, 0.25) is 0 Å². The molecule has 0 spiro atoms. The number of pyridine rings is 1. The van der Waals surface area contributed by atoms with Crippen LogP contribution in [-0.2, 0) is 28.6 Å². The smallest absolute Gasteiger partial charge is 0.416 e. The number of aliphatic carboxylic acids is 2. The quantitative estimate of drug-likeness (QED) is 0.305. The summed E-state index contributed by atoms with van der Waals surface area (Å²) in [4.78, 5) is 28.7. The molecule has 2 aromatic heterocycles. The molecule has 9 heteroatoms. The number of alkyl halides is 3. The third-order valence-electron chi connectivity index (χ3n) is 6.55. The number of carboxylic acid groups (broad SMARTS) is 2. The Hall–Kier alpha value is -2.94. The Morgan fingerprint density at radius 3 is 2.27 bits per heavy atom. The van der Waals surface area contributed by atoms with Crippen LogP contribution in [0, 0.1) is 6.92 Å². The topological polar surface area (TPSA) is 87.5 Å². The van der Waals surface area contributed by atoms with Gasteiger partial charge in [0.05, 0.1) is 11.5 Å². The molecule has 0 saturated heterocycles. The molecule has 0 saturated carbocycles. The van der Waals surface area contributed by atoms with Crippen molar-refractivity contribution in [2.75, 3.05) is 0 Å². The zero-order valence-corrected chi connectivity index (χ0v) is 22.1. The van der Waals surface area contributed by atoms with Crippen LogP contribution in [0.5, 0.6) is 0 Å². The number of carboxylic acids is 2. The molecule has 1 aliphatic carbocycles. The molecule has 1 atom stereocenters. The first-order valence-electron chi connectivity index (χ1n) is 12.6. The van der Waals surface area contributed by atoms with Gasteiger partial charge < -0.3 is 10.2 Å². The van der Waals surface area contributed by atoms with Gasteiger partial charge in [-0.05, 0) is 73.4 Å². The number of hydrogen-bond acceptors (Lipinski definition) is 4. The Balaban J connectivity index is 0.000000479. The van der Waals surface area contributed by atoms with Crippen molar-refractivity contribution >= 4 is 33.5 Å². The van der Waals surface area contributed by atoms with E-state index in [4.69, 9.17) is 10.1 Å². The molecule has 0 bridgehead atoms. The minimum atomic E-state index is -4.42. The second-order valence-corrected chi connectivity index (χ2v) is 10.4. The molecule has 1 aromatic carbocycles. The average molecular weight is 536 g/mol. The van der Waals surface area contributed by atoms with E-state index >= 15 is 0 Å². The molecule has 37 heavy (non-hydrogen) atoms. The van der Waals surface area contributed by atoms with E-state index in [9.17, 15) is 27.9 Å². The zero-order valence-electron chi connectivity index (χ0n) is 21.2. The highest BCUT2D eigenvalue weighted by atomic mass is 32.1. The van der Waals surface area contributed by atoms with Gasteiger partial charge >= 0.3 is 18.1 Å². The van der Waals surface area contributed by atoms with Gasteiger partial charge in [-0.15, -0.1) is 11.3 Å². The average Bonchev–Trinajstić information content (AvgIpc) is 3.41. The third kappa shape index (κ3) is 6.50. The van der Waals surface area contributed by atoms with Crippen LogP contribution in [-0.4, -0.2) is 27.1 Å². The molecule has 4 rings (SSSR count). The standard InChI is InChI=1S/C23H22F3NO2S.C5H10O2/c1-3-5-16(22(28)29)18-12(2)27-21-20(15-6-4-7-17(15)30-21)19(18)13-8-10-14(11-9-13)23(24,25)26;1-2-3-4-5(6)7/h8-11,16H,3-7H2,1-2H3,(H,28,29);2-4H2,1H3,(H,6,7). The Morgan fingerprint density at radius 1 is 1.08 bits per heavy atom. The molecule has 5 nitrogen and oxygen atoms in total. The highest BCUT2D eigenvalue weighted by molar-refractivity contribution is 7.19. The van der Waals surface area contributed by atoms with Crippen LogP contribution < -0.4 is 0 Å². The molecule has 2 heterocycles. The molecule has 1 aliphatic rings. The summed E-state index contributed by atoms with van der Waals surface area (Å²) in [5.74, 6) is -2.37. The van der Waals surface area contributed by atoms with E-state index in [0.29, 0.717) is 36.1 Å². The predicted molar refractivity (Wildman–Crippen MR) is 139 cm³/mol. The summed E-state index contributed by atoms with van der Waals surface area (Å²) in [5.41, 5.74) is 3.09. The fourth-order valence-electron chi connectivity index (χ4n) is 4.81. The van der Waals surface area contributed by atoms with E-state index in [-0.39, 0.29) is 0 Å². The Kier molecular flexibility index (Phi) is 9.34. The summed E-state index contributed by atoms with van der Waals surface area (Å²) < 4.78 is 39.3. The monoisotopic (exact) mass is 535 g/mol.